The molecule has 1 saturated carbocycles. The zero-order valence-electron chi connectivity index (χ0n) is 10.6. The highest BCUT2D eigenvalue weighted by Gasteiger charge is 2.27. The number of aliphatic carboxylic acids is 1. The molecule has 4 heteroatoms. The van der Waals surface area contributed by atoms with Crippen LogP contribution in [0.25, 0.3) is 0 Å². The van der Waals surface area contributed by atoms with E-state index in [2.05, 4.69) is 0 Å². The smallest absolute Gasteiger partial charge is 0.306 e. The number of Topliss-reactive ketones (excluding diaryl/α,β-unsaturated/α-hetero) is 1. The summed E-state index contributed by atoms with van der Waals surface area (Å²) in [5.41, 5.74) is 0.685. The summed E-state index contributed by atoms with van der Waals surface area (Å²) >= 11 is 5.79. The summed E-state index contributed by atoms with van der Waals surface area (Å²) in [6.07, 6.45) is 3.54. The molecule has 1 aromatic carbocycles. The molecule has 0 unspecified atom stereocenters. The van der Waals surface area contributed by atoms with Gasteiger partial charge in [0.05, 0.1) is 5.92 Å². The summed E-state index contributed by atoms with van der Waals surface area (Å²) in [7, 11) is 0. The first-order valence-electron chi connectivity index (χ1n) is 6.58. The average molecular weight is 281 g/mol. The molecule has 0 aromatic heterocycles. The van der Waals surface area contributed by atoms with E-state index in [0.29, 0.717) is 35.8 Å². The molecule has 0 heterocycles. The van der Waals surface area contributed by atoms with Crippen molar-refractivity contribution >= 4 is 23.4 Å². The van der Waals surface area contributed by atoms with Gasteiger partial charge in [-0.15, -0.1) is 0 Å². The van der Waals surface area contributed by atoms with Gasteiger partial charge < -0.3 is 5.11 Å². The molecule has 19 heavy (non-hydrogen) atoms. The molecule has 1 aliphatic carbocycles. The summed E-state index contributed by atoms with van der Waals surface area (Å²) in [6.45, 7) is 0. The lowest BCUT2D eigenvalue weighted by atomic mass is 9.79. The second-order valence-electron chi connectivity index (χ2n) is 5.19. The highest BCUT2D eigenvalue weighted by atomic mass is 35.5. The first kappa shape index (κ1) is 14.1. The van der Waals surface area contributed by atoms with Crippen LogP contribution in [0, 0.1) is 11.8 Å². The van der Waals surface area contributed by atoms with Gasteiger partial charge in [0.1, 0.15) is 0 Å². The van der Waals surface area contributed by atoms with Crippen molar-refractivity contribution in [3.63, 3.8) is 0 Å². The van der Waals surface area contributed by atoms with Gasteiger partial charge in [-0.25, -0.2) is 0 Å². The number of halogens is 1. The van der Waals surface area contributed by atoms with E-state index in [9.17, 15) is 9.59 Å². The van der Waals surface area contributed by atoms with E-state index in [1.165, 1.54) is 0 Å². The predicted octanol–water partition coefficient (Wildman–Crippen LogP) is 3.80. The van der Waals surface area contributed by atoms with Gasteiger partial charge in [-0.1, -0.05) is 11.6 Å². The molecular formula is C15H17ClO3. The van der Waals surface area contributed by atoms with Gasteiger partial charge in [-0.3, -0.25) is 9.59 Å². The van der Waals surface area contributed by atoms with Crippen molar-refractivity contribution in [2.75, 3.05) is 0 Å². The van der Waals surface area contributed by atoms with Crippen LogP contribution in [0.2, 0.25) is 5.02 Å². The van der Waals surface area contributed by atoms with Crippen LogP contribution in [0.5, 0.6) is 0 Å². The third kappa shape index (κ3) is 3.80. The second-order valence-corrected chi connectivity index (χ2v) is 5.63. The van der Waals surface area contributed by atoms with Crippen molar-refractivity contribution in [1.29, 1.82) is 0 Å². The zero-order chi connectivity index (χ0) is 13.8. The lowest BCUT2D eigenvalue weighted by Crippen LogP contribution is -2.22. The van der Waals surface area contributed by atoms with Crippen LogP contribution in [-0.2, 0) is 4.79 Å². The summed E-state index contributed by atoms with van der Waals surface area (Å²) < 4.78 is 0. The SMILES string of the molecule is O=C(CC1CCC(C(=O)O)CC1)c1ccc(Cl)cc1. The van der Waals surface area contributed by atoms with Crippen LogP contribution in [0.1, 0.15) is 42.5 Å². The molecular weight excluding hydrogens is 264 g/mol. The Labute approximate surface area is 117 Å². The van der Waals surface area contributed by atoms with E-state index in [1.807, 2.05) is 0 Å². The number of rotatable bonds is 4. The van der Waals surface area contributed by atoms with Gasteiger partial charge >= 0.3 is 5.97 Å². The summed E-state index contributed by atoms with van der Waals surface area (Å²) in [4.78, 5) is 22.9. The number of carboxylic acids is 1. The van der Waals surface area contributed by atoms with Crippen LogP contribution in [0.3, 0.4) is 0 Å². The molecule has 0 spiro atoms. The van der Waals surface area contributed by atoms with E-state index in [4.69, 9.17) is 16.7 Å². The normalized spacial score (nSPS) is 23.0. The molecule has 1 N–H and O–H groups in total. The number of hydrogen-bond donors (Lipinski definition) is 1. The Morgan fingerprint density at radius 2 is 1.68 bits per heavy atom. The highest BCUT2D eigenvalue weighted by molar-refractivity contribution is 6.30. The first-order chi connectivity index (χ1) is 9.06. The third-order valence-corrected chi connectivity index (χ3v) is 4.09. The minimum atomic E-state index is -0.706. The molecule has 0 aliphatic heterocycles. The van der Waals surface area contributed by atoms with Crippen molar-refractivity contribution in [2.45, 2.75) is 32.1 Å². The Morgan fingerprint density at radius 1 is 1.11 bits per heavy atom. The average Bonchev–Trinajstić information content (AvgIpc) is 2.40. The maximum absolute atomic E-state index is 12.1. The fourth-order valence-corrected chi connectivity index (χ4v) is 2.76. The van der Waals surface area contributed by atoms with Crippen molar-refractivity contribution < 1.29 is 14.7 Å². The van der Waals surface area contributed by atoms with E-state index in [-0.39, 0.29) is 11.7 Å². The van der Waals surface area contributed by atoms with E-state index in [0.717, 1.165) is 12.8 Å². The molecule has 0 bridgehead atoms. The molecule has 0 atom stereocenters. The molecule has 0 saturated heterocycles. The van der Waals surface area contributed by atoms with Crippen LogP contribution in [-0.4, -0.2) is 16.9 Å². The van der Waals surface area contributed by atoms with Gasteiger partial charge in [-0.05, 0) is 55.9 Å². The molecule has 3 nitrogen and oxygen atoms in total. The molecule has 1 fully saturated rings. The van der Waals surface area contributed by atoms with Gasteiger partial charge in [0.15, 0.2) is 5.78 Å². The fraction of sp³-hybridized carbons (Fsp3) is 0.467. The van der Waals surface area contributed by atoms with Gasteiger partial charge in [0, 0.05) is 17.0 Å². The molecule has 1 aliphatic rings. The van der Waals surface area contributed by atoms with Crippen molar-refractivity contribution in [3.8, 4) is 0 Å². The zero-order valence-corrected chi connectivity index (χ0v) is 11.4. The Morgan fingerprint density at radius 3 is 2.21 bits per heavy atom. The third-order valence-electron chi connectivity index (χ3n) is 3.84. The summed E-state index contributed by atoms with van der Waals surface area (Å²) in [6, 6.07) is 6.92. The molecule has 2 rings (SSSR count). The van der Waals surface area contributed by atoms with Crippen LogP contribution in [0.15, 0.2) is 24.3 Å². The number of carboxylic acid groups (broad SMARTS) is 1. The fourth-order valence-electron chi connectivity index (χ4n) is 2.63. The number of benzene rings is 1. The number of carbonyl (C=O) groups is 2. The lowest BCUT2D eigenvalue weighted by molar-refractivity contribution is -0.143. The minimum absolute atomic E-state index is 0.121. The van der Waals surface area contributed by atoms with Crippen molar-refractivity contribution in [3.05, 3.63) is 34.9 Å². The van der Waals surface area contributed by atoms with E-state index < -0.39 is 5.97 Å². The van der Waals surface area contributed by atoms with Crippen LogP contribution in [0.4, 0.5) is 0 Å². The maximum atomic E-state index is 12.1. The summed E-state index contributed by atoms with van der Waals surface area (Å²) in [5.74, 6) is -0.487. The standard InChI is InChI=1S/C15H17ClO3/c16-13-7-5-11(6-8-13)14(17)9-10-1-3-12(4-2-10)15(18)19/h5-8,10,12H,1-4,9H2,(H,18,19). The quantitative estimate of drug-likeness (QED) is 0.854. The second kappa shape index (κ2) is 6.20. The molecule has 1 aromatic rings. The maximum Gasteiger partial charge on any atom is 0.306 e. The monoisotopic (exact) mass is 280 g/mol. The molecule has 0 radical (unpaired) electrons. The predicted molar refractivity (Wildman–Crippen MR) is 73.5 cm³/mol. The van der Waals surface area contributed by atoms with Gasteiger partial charge in [0.25, 0.3) is 0 Å². The van der Waals surface area contributed by atoms with Crippen LogP contribution >= 0.6 is 11.6 Å². The Balaban J connectivity index is 1.87. The topological polar surface area (TPSA) is 54.4 Å². The minimum Gasteiger partial charge on any atom is -0.481 e. The highest BCUT2D eigenvalue weighted by Crippen LogP contribution is 2.31. The van der Waals surface area contributed by atoms with E-state index >= 15 is 0 Å². The first-order valence-corrected chi connectivity index (χ1v) is 6.95. The Hall–Kier alpha value is -1.35. The Kier molecular flexibility index (Phi) is 4.59. The lowest BCUT2D eigenvalue weighted by Gasteiger charge is -2.25. The van der Waals surface area contributed by atoms with E-state index in [1.54, 1.807) is 24.3 Å². The van der Waals surface area contributed by atoms with Crippen molar-refractivity contribution in [2.24, 2.45) is 11.8 Å². The van der Waals surface area contributed by atoms with Crippen LogP contribution < -0.4 is 0 Å². The largest absolute Gasteiger partial charge is 0.481 e. The number of carbonyl (C=O) groups excluding carboxylic acids is 1. The Bertz CT molecular complexity index is 459. The van der Waals surface area contributed by atoms with Crippen molar-refractivity contribution in [1.82, 2.24) is 0 Å². The molecule has 0 amide bonds. The molecule has 102 valence electrons. The number of hydrogen-bond acceptors (Lipinski definition) is 2. The number of ketones is 1. The van der Waals surface area contributed by atoms with Gasteiger partial charge in [-0.2, -0.15) is 0 Å². The van der Waals surface area contributed by atoms with Gasteiger partial charge in [0.2, 0.25) is 0 Å². The summed E-state index contributed by atoms with van der Waals surface area (Å²) in [5, 5.41) is 9.55.